The van der Waals surface area contributed by atoms with Crippen molar-refractivity contribution in [3.05, 3.63) is 29.0 Å². The largest absolute Gasteiger partial charge is 0.331 e. The molecular weight excluding hydrogens is 216 g/mol. The third-order valence-electron chi connectivity index (χ3n) is 3.50. The van der Waals surface area contributed by atoms with E-state index < -0.39 is 0 Å². The minimum atomic E-state index is 0.439. The number of nitrogens with one attached hydrogen (secondary N) is 1. The molecule has 0 amide bonds. The zero-order chi connectivity index (χ0) is 11.7. The van der Waals surface area contributed by atoms with E-state index in [1.165, 1.54) is 11.9 Å². The molecule has 16 heavy (non-hydrogen) atoms. The highest BCUT2D eigenvalue weighted by molar-refractivity contribution is 7.71. The van der Waals surface area contributed by atoms with Crippen LogP contribution in [0, 0.1) is 10.7 Å². The van der Waals surface area contributed by atoms with Crippen molar-refractivity contribution in [2.24, 2.45) is 5.92 Å². The van der Waals surface area contributed by atoms with Crippen molar-refractivity contribution in [1.29, 1.82) is 0 Å². The van der Waals surface area contributed by atoms with Gasteiger partial charge in [-0.3, -0.25) is 0 Å². The van der Waals surface area contributed by atoms with Crippen molar-refractivity contribution in [2.45, 2.75) is 33.2 Å². The van der Waals surface area contributed by atoms with Gasteiger partial charge in [0.05, 0.1) is 11.0 Å². The fourth-order valence-electron chi connectivity index (χ4n) is 2.07. The summed E-state index contributed by atoms with van der Waals surface area (Å²) >= 11 is 5.40. The summed E-state index contributed by atoms with van der Waals surface area (Å²) in [5.41, 5.74) is 2.34. The first-order valence-electron chi connectivity index (χ1n) is 5.84. The van der Waals surface area contributed by atoms with Crippen LogP contribution in [-0.2, 0) is 0 Å². The highest BCUT2D eigenvalue weighted by Gasteiger charge is 2.15. The molecule has 0 saturated carbocycles. The number of para-hydroxylation sites is 2. The Morgan fingerprint density at radius 2 is 2.00 bits per heavy atom. The zero-order valence-corrected chi connectivity index (χ0v) is 10.8. The number of nitrogens with zero attached hydrogens (tertiary/aromatic N) is 1. The van der Waals surface area contributed by atoms with Crippen molar-refractivity contribution in [3.8, 4) is 0 Å². The van der Waals surface area contributed by atoms with Gasteiger partial charge in [-0.05, 0) is 37.2 Å². The van der Waals surface area contributed by atoms with Gasteiger partial charge in [0.15, 0.2) is 4.77 Å². The maximum Gasteiger partial charge on any atom is 0.178 e. The van der Waals surface area contributed by atoms with Crippen molar-refractivity contribution in [2.75, 3.05) is 0 Å². The number of fused-ring (bicyclic) bond motifs is 1. The minimum absolute atomic E-state index is 0.439. The minimum Gasteiger partial charge on any atom is -0.331 e. The highest BCUT2D eigenvalue weighted by Crippen LogP contribution is 2.25. The molecule has 0 fully saturated rings. The molecular formula is C13H18N2S. The fourth-order valence-corrected chi connectivity index (χ4v) is 2.45. The van der Waals surface area contributed by atoms with E-state index in [2.05, 4.69) is 48.5 Å². The van der Waals surface area contributed by atoms with E-state index in [0.717, 1.165) is 10.3 Å². The average molecular weight is 234 g/mol. The van der Waals surface area contributed by atoms with Crippen LogP contribution in [-0.4, -0.2) is 9.55 Å². The molecule has 2 unspecified atom stereocenters. The quantitative estimate of drug-likeness (QED) is 0.785. The summed E-state index contributed by atoms with van der Waals surface area (Å²) < 4.78 is 3.06. The van der Waals surface area contributed by atoms with Gasteiger partial charge in [0.25, 0.3) is 0 Å². The molecule has 86 valence electrons. The molecule has 1 heterocycles. The standard InChI is InChI=1S/C13H18N2S/c1-4-9(2)10(3)15-12-8-6-5-7-11(12)14-13(15)16/h5-10H,4H2,1-3H3,(H,14,16). The molecule has 0 radical (unpaired) electrons. The molecule has 1 aromatic heterocycles. The van der Waals surface area contributed by atoms with E-state index in [0.29, 0.717) is 12.0 Å². The van der Waals surface area contributed by atoms with Crippen molar-refractivity contribution < 1.29 is 0 Å². The lowest BCUT2D eigenvalue weighted by atomic mass is 10.0. The second-order valence-corrected chi connectivity index (χ2v) is 4.83. The zero-order valence-electron chi connectivity index (χ0n) is 10.0. The van der Waals surface area contributed by atoms with Crippen LogP contribution in [0.3, 0.4) is 0 Å². The lowest BCUT2D eigenvalue weighted by Gasteiger charge is -2.20. The molecule has 0 saturated heterocycles. The molecule has 0 bridgehead atoms. The van der Waals surface area contributed by atoms with Gasteiger partial charge in [-0.15, -0.1) is 0 Å². The molecule has 1 aromatic carbocycles. The summed E-state index contributed by atoms with van der Waals surface area (Å²) in [7, 11) is 0. The van der Waals surface area contributed by atoms with Gasteiger partial charge in [-0.2, -0.15) is 0 Å². The van der Waals surface area contributed by atoms with E-state index in [4.69, 9.17) is 12.2 Å². The molecule has 0 spiro atoms. The number of H-pyrrole nitrogens is 1. The van der Waals surface area contributed by atoms with Crippen LogP contribution in [0.25, 0.3) is 11.0 Å². The van der Waals surface area contributed by atoms with E-state index in [9.17, 15) is 0 Å². The molecule has 2 rings (SSSR count). The Labute approximate surface area is 101 Å². The second-order valence-electron chi connectivity index (χ2n) is 4.44. The number of hydrogen-bond acceptors (Lipinski definition) is 1. The van der Waals surface area contributed by atoms with Crippen molar-refractivity contribution in [3.63, 3.8) is 0 Å². The molecule has 0 aliphatic heterocycles. The number of rotatable bonds is 3. The van der Waals surface area contributed by atoms with E-state index in [-0.39, 0.29) is 0 Å². The molecule has 2 atom stereocenters. The fraction of sp³-hybridized carbons (Fsp3) is 0.462. The van der Waals surface area contributed by atoms with Crippen LogP contribution in [0.5, 0.6) is 0 Å². The molecule has 2 nitrogen and oxygen atoms in total. The van der Waals surface area contributed by atoms with Crippen molar-refractivity contribution in [1.82, 2.24) is 9.55 Å². The highest BCUT2D eigenvalue weighted by atomic mass is 32.1. The van der Waals surface area contributed by atoms with E-state index in [1.54, 1.807) is 0 Å². The topological polar surface area (TPSA) is 20.7 Å². The van der Waals surface area contributed by atoms with Gasteiger partial charge in [0, 0.05) is 6.04 Å². The van der Waals surface area contributed by atoms with Crippen LogP contribution in [0.4, 0.5) is 0 Å². The van der Waals surface area contributed by atoms with Crippen LogP contribution >= 0.6 is 12.2 Å². The predicted octanol–water partition coefficient (Wildman–Crippen LogP) is 4.31. The predicted molar refractivity (Wildman–Crippen MR) is 71.3 cm³/mol. The van der Waals surface area contributed by atoms with Gasteiger partial charge >= 0.3 is 0 Å². The Kier molecular flexibility index (Phi) is 3.15. The normalized spacial score (nSPS) is 15.2. The van der Waals surface area contributed by atoms with Gasteiger partial charge in [0.1, 0.15) is 0 Å². The maximum atomic E-state index is 5.40. The number of aromatic amines is 1. The molecule has 0 aliphatic rings. The second kappa shape index (κ2) is 4.42. The summed E-state index contributed by atoms with van der Waals surface area (Å²) in [5, 5.41) is 0. The lowest BCUT2D eigenvalue weighted by molar-refractivity contribution is 0.374. The third-order valence-corrected chi connectivity index (χ3v) is 3.80. The first-order valence-corrected chi connectivity index (χ1v) is 6.25. The summed E-state index contributed by atoms with van der Waals surface area (Å²) in [6.07, 6.45) is 1.17. The van der Waals surface area contributed by atoms with E-state index in [1.807, 2.05) is 6.07 Å². The molecule has 0 aliphatic carbocycles. The van der Waals surface area contributed by atoms with Gasteiger partial charge in [0.2, 0.25) is 0 Å². The Bertz CT molecular complexity index is 538. The Balaban J connectivity index is 2.59. The van der Waals surface area contributed by atoms with Gasteiger partial charge in [-0.1, -0.05) is 32.4 Å². The number of benzene rings is 1. The number of imidazole rings is 1. The average Bonchev–Trinajstić information content (AvgIpc) is 2.63. The van der Waals surface area contributed by atoms with Crippen LogP contribution in [0.1, 0.15) is 33.2 Å². The first kappa shape index (κ1) is 11.4. The SMILES string of the molecule is CCC(C)C(C)n1c(=S)[nH]c2ccccc21. The lowest BCUT2D eigenvalue weighted by Crippen LogP contribution is -2.13. The monoisotopic (exact) mass is 234 g/mol. The maximum absolute atomic E-state index is 5.40. The first-order chi connectivity index (χ1) is 7.65. The Morgan fingerprint density at radius 1 is 1.31 bits per heavy atom. The Hall–Kier alpha value is -1.09. The van der Waals surface area contributed by atoms with Gasteiger partial charge < -0.3 is 9.55 Å². The Morgan fingerprint density at radius 3 is 2.69 bits per heavy atom. The van der Waals surface area contributed by atoms with Crippen LogP contribution in [0.2, 0.25) is 0 Å². The smallest absolute Gasteiger partial charge is 0.178 e. The van der Waals surface area contributed by atoms with E-state index >= 15 is 0 Å². The van der Waals surface area contributed by atoms with Crippen LogP contribution in [0.15, 0.2) is 24.3 Å². The number of aromatic nitrogens is 2. The van der Waals surface area contributed by atoms with Crippen LogP contribution < -0.4 is 0 Å². The van der Waals surface area contributed by atoms with Crippen molar-refractivity contribution >= 4 is 23.3 Å². The molecule has 3 heteroatoms. The summed E-state index contributed by atoms with van der Waals surface area (Å²) in [5.74, 6) is 0.630. The third kappa shape index (κ3) is 1.80. The molecule has 2 aromatic rings. The molecule has 1 N–H and O–H groups in total. The summed E-state index contributed by atoms with van der Waals surface area (Å²) in [6.45, 7) is 6.73. The number of hydrogen-bond donors (Lipinski definition) is 1. The summed E-state index contributed by atoms with van der Waals surface area (Å²) in [6, 6.07) is 8.73. The van der Waals surface area contributed by atoms with Gasteiger partial charge in [-0.25, -0.2) is 0 Å². The summed E-state index contributed by atoms with van der Waals surface area (Å²) in [4.78, 5) is 3.26.